The fourth-order valence-corrected chi connectivity index (χ4v) is 3.48. The van der Waals surface area contributed by atoms with Crippen LogP contribution in [0.2, 0.25) is 0 Å². The summed E-state index contributed by atoms with van der Waals surface area (Å²) >= 11 is 0. The zero-order valence-corrected chi connectivity index (χ0v) is 17.0. The number of anilines is 2. The fraction of sp³-hybridized carbons (Fsp3) is 0.273. The maximum atomic E-state index is 12.9. The Hall–Kier alpha value is -3.72. The molecule has 1 N–H and O–H groups in total. The van der Waals surface area contributed by atoms with Crippen LogP contribution in [0.1, 0.15) is 10.4 Å². The number of aromatic nitrogens is 2. The Morgan fingerprint density at radius 2 is 1.74 bits per heavy atom. The van der Waals surface area contributed by atoms with Crippen molar-refractivity contribution in [2.24, 2.45) is 0 Å². The molecule has 0 unspecified atom stereocenters. The summed E-state index contributed by atoms with van der Waals surface area (Å²) in [5, 5.41) is 8.49. The van der Waals surface area contributed by atoms with Crippen LogP contribution in [0.5, 0.6) is 0 Å². The summed E-state index contributed by atoms with van der Waals surface area (Å²) in [7, 11) is 1.30. The number of fused-ring (bicyclic) bond motifs is 1. The summed E-state index contributed by atoms with van der Waals surface area (Å²) in [4.78, 5) is 39.1. The normalized spacial score (nSPS) is 13.8. The number of esters is 1. The molecule has 0 radical (unpaired) electrons. The average Bonchev–Trinajstić information content (AvgIpc) is 2.81. The van der Waals surface area contributed by atoms with Crippen molar-refractivity contribution in [3.63, 3.8) is 0 Å². The first-order valence-corrected chi connectivity index (χ1v) is 9.87. The predicted molar refractivity (Wildman–Crippen MR) is 115 cm³/mol. The highest BCUT2D eigenvalue weighted by Crippen LogP contribution is 2.22. The minimum absolute atomic E-state index is 0.236. The number of morpholine rings is 1. The van der Waals surface area contributed by atoms with Gasteiger partial charge in [0.05, 0.1) is 31.3 Å². The molecule has 4 rings (SSSR count). The van der Waals surface area contributed by atoms with Crippen molar-refractivity contribution in [3.8, 4) is 0 Å². The highest BCUT2D eigenvalue weighted by atomic mass is 16.5. The van der Waals surface area contributed by atoms with E-state index in [1.54, 1.807) is 36.4 Å². The van der Waals surface area contributed by atoms with E-state index < -0.39 is 11.9 Å². The molecule has 0 spiro atoms. The number of hydrogen-bond donors (Lipinski definition) is 1. The quantitative estimate of drug-likeness (QED) is 0.624. The van der Waals surface area contributed by atoms with Crippen LogP contribution in [0.25, 0.3) is 10.8 Å². The van der Waals surface area contributed by atoms with Crippen LogP contribution in [0.4, 0.5) is 11.5 Å². The molecular formula is C22H22N4O5. The second kappa shape index (κ2) is 8.97. The van der Waals surface area contributed by atoms with Crippen molar-refractivity contribution >= 4 is 34.2 Å². The van der Waals surface area contributed by atoms with Crippen LogP contribution in [0.15, 0.2) is 53.3 Å². The molecule has 0 bridgehead atoms. The van der Waals surface area contributed by atoms with Gasteiger partial charge < -0.3 is 19.7 Å². The van der Waals surface area contributed by atoms with Gasteiger partial charge in [0.2, 0.25) is 5.91 Å². The number of benzene rings is 2. The summed E-state index contributed by atoms with van der Waals surface area (Å²) in [6, 6.07) is 13.6. The summed E-state index contributed by atoms with van der Waals surface area (Å²) < 4.78 is 11.3. The Bertz CT molecular complexity index is 1170. The number of nitrogens with one attached hydrogen (secondary N) is 1. The van der Waals surface area contributed by atoms with Crippen LogP contribution in [-0.4, -0.2) is 55.1 Å². The van der Waals surface area contributed by atoms with Gasteiger partial charge in [0, 0.05) is 24.2 Å². The predicted octanol–water partition coefficient (Wildman–Crippen LogP) is 1.66. The third-order valence-electron chi connectivity index (χ3n) is 5.04. The molecule has 31 heavy (non-hydrogen) atoms. The molecule has 160 valence electrons. The number of methoxy groups -OCH3 is 1. The Morgan fingerprint density at radius 1 is 1.06 bits per heavy atom. The van der Waals surface area contributed by atoms with Crippen LogP contribution in [0.3, 0.4) is 0 Å². The van der Waals surface area contributed by atoms with Crippen molar-refractivity contribution in [2.45, 2.75) is 6.54 Å². The molecule has 9 nitrogen and oxygen atoms in total. The minimum atomic E-state index is -0.458. The molecule has 1 aromatic heterocycles. The highest BCUT2D eigenvalue weighted by molar-refractivity contribution is 5.94. The second-order valence-corrected chi connectivity index (χ2v) is 7.05. The highest BCUT2D eigenvalue weighted by Gasteiger charge is 2.19. The number of hydrogen-bond acceptors (Lipinski definition) is 7. The van der Waals surface area contributed by atoms with E-state index in [2.05, 4.69) is 20.1 Å². The first kappa shape index (κ1) is 20.5. The standard InChI is InChI=1S/C22H22N4O5/c1-30-22(29)15-6-8-16(9-7-15)23-19(27)14-26-21(28)18-5-3-2-4-17(18)20(24-26)25-10-12-31-13-11-25/h2-9H,10-14H2,1H3,(H,23,27). The van der Waals surface area contributed by atoms with E-state index >= 15 is 0 Å². The molecule has 1 saturated heterocycles. The summed E-state index contributed by atoms with van der Waals surface area (Å²) in [6.07, 6.45) is 0. The van der Waals surface area contributed by atoms with Crippen molar-refractivity contribution in [1.29, 1.82) is 0 Å². The van der Waals surface area contributed by atoms with Gasteiger partial charge in [-0.1, -0.05) is 18.2 Å². The number of amides is 1. The lowest BCUT2D eigenvalue weighted by Crippen LogP contribution is -2.39. The van der Waals surface area contributed by atoms with Gasteiger partial charge in [-0.2, -0.15) is 5.10 Å². The second-order valence-electron chi connectivity index (χ2n) is 7.05. The molecule has 9 heteroatoms. The maximum Gasteiger partial charge on any atom is 0.337 e. The van der Waals surface area contributed by atoms with Gasteiger partial charge in [-0.15, -0.1) is 0 Å². The van der Waals surface area contributed by atoms with E-state index in [9.17, 15) is 14.4 Å². The van der Waals surface area contributed by atoms with E-state index in [-0.39, 0.29) is 12.1 Å². The lowest BCUT2D eigenvalue weighted by atomic mass is 10.1. The van der Waals surface area contributed by atoms with Gasteiger partial charge >= 0.3 is 5.97 Å². The number of ether oxygens (including phenoxy) is 2. The van der Waals surface area contributed by atoms with Gasteiger partial charge in [0.25, 0.3) is 5.56 Å². The molecule has 0 saturated carbocycles. The van der Waals surface area contributed by atoms with Crippen LogP contribution < -0.4 is 15.8 Å². The molecule has 1 amide bonds. The molecule has 1 aliphatic rings. The number of carbonyl (C=O) groups excluding carboxylic acids is 2. The fourth-order valence-electron chi connectivity index (χ4n) is 3.48. The zero-order chi connectivity index (χ0) is 21.8. The van der Waals surface area contributed by atoms with Crippen LogP contribution in [0, 0.1) is 0 Å². The Morgan fingerprint density at radius 3 is 2.42 bits per heavy atom. The number of rotatable bonds is 5. The SMILES string of the molecule is COC(=O)c1ccc(NC(=O)Cn2nc(N3CCOCC3)c3ccccc3c2=O)cc1. The Labute approximate surface area is 178 Å². The number of carbonyl (C=O) groups is 2. The van der Waals surface area contributed by atoms with E-state index in [0.717, 1.165) is 5.39 Å². The van der Waals surface area contributed by atoms with Crippen molar-refractivity contribution < 1.29 is 19.1 Å². The van der Waals surface area contributed by atoms with Gasteiger partial charge in [-0.05, 0) is 30.3 Å². The molecule has 0 atom stereocenters. The van der Waals surface area contributed by atoms with E-state index in [4.69, 9.17) is 4.74 Å². The van der Waals surface area contributed by atoms with E-state index in [0.29, 0.717) is 48.8 Å². The maximum absolute atomic E-state index is 12.9. The number of nitrogens with zero attached hydrogens (tertiary/aromatic N) is 3. The van der Waals surface area contributed by atoms with Crippen molar-refractivity contribution in [2.75, 3.05) is 43.6 Å². The molecule has 2 heterocycles. The van der Waals surface area contributed by atoms with Gasteiger partial charge in [0.1, 0.15) is 6.54 Å². The van der Waals surface area contributed by atoms with Gasteiger partial charge in [-0.3, -0.25) is 9.59 Å². The lowest BCUT2D eigenvalue weighted by molar-refractivity contribution is -0.117. The Balaban J connectivity index is 1.59. The van der Waals surface area contributed by atoms with Crippen LogP contribution >= 0.6 is 0 Å². The molecular weight excluding hydrogens is 400 g/mol. The van der Waals surface area contributed by atoms with Gasteiger partial charge in [0.15, 0.2) is 5.82 Å². The minimum Gasteiger partial charge on any atom is -0.465 e. The lowest BCUT2D eigenvalue weighted by Gasteiger charge is -2.29. The Kier molecular flexibility index (Phi) is 5.94. The average molecular weight is 422 g/mol. The summed E-state index contributed by atoms with van der Waals surface area (Å²) in [6.45, 7) is 2.25. The molecule has 1 aliphatic heterocycles. The monoisotopic (exact) mass is 422 g/mol. The van der Waals surface area contributed by atoms with E-state index in [1.807, 2.05) is 12.1 Å². The third kappa shape index (κ3) is 4.41. The third-order valence-corrected chi connectivity index (χ3v) is 5.04. The van der Waals surface area contributed by atoms with Crippen molar-refractivity contribution in [1.82, 2.24) is 9.78 Å². The summed E-state index contributed by atoms with van der Waals surface area (Å²) in [5.41, 5.74) is 0.548. The molecule has 0 aliphatic carbocycles. The van der Waals surface area contributed by atoms with Gasteiger partial charge in [-0.25, -0.2) is 9.48 Å². The van der Waals surface area contributed by atoms with E-state index in [1.165, 1.54) is 11.8 Å². The molecule has 2 aromatic carbocycles. The largest absolute Gasteiger partial charge is 0.465 e. The topological polar surface area (TPSA) is 103 Å². The first-order chi connectivity index (χ1) is 15.1. The first-order valence-electron chi connectivity index (χ1n) is 9.87. The smallest absolute Gasteiger partial charge is 0.337 e. The zero-order valence-electron chi connectivity index (χ0n) is 17.0. The van der Waals surface area contributed by atoms with Crippen LogP contribution in [-0.2, 0) is 20.8 Å². The molecule has 3 aromatic rings. The van der Waals surface area contributed by atoms with Crippen molar-refractivity contribution in [3.05, 3.63) is 64.4 Å². The summed E-state index contributed by atoms with van der Waals surface area (Å²) in [5.74, 6) is -0.196. The molecule has 1 fully saturated rings.